The molecule has 0 bridgehead atoms. The highest BCUT2D eigenvalue weighted by Gasteiger charge is 2.33. The number of unbranched alkanes of at least 4 members (excludes halogenated alkanes) is 1. The maximum atomic E-state index is 12.7. The van der Waals surface area contributed by atoms with E-state index in [1.807, 2.05) is 17.5 Å². The molecule has 2 atom stereocenters. The molecule has 1 saturated heterocycles. The van der Waals surface area contributed by atoms with Crippen LogP contribution in [0.3, 0.4) is 0 Å². The minimum absolute atomic E-state index is 0.0504. The monoisotopic (exact) mass is 469 g/mol. The minimum atomic E-state index is -3.65. The molecule has 1 aromatic heterocycles. The van der Waals surface area contributed by atoms with Crippen LogP contribution < -0.4 is 4.72 Å². The summed E-state index contributed by atoms with van der Waals surface area (Å²) in [6.07, 6.45) is 6.06. The van der Waals surface area contributed by atoms with E-state index < -0.39 is 16.0 Å². The predicted molar refractivity (Wildman–Crippen MR) is 117 cm³/mol. The van der Waals surface area contributed by atoms with E-state index in [1.54, 1.807) is 17.6 Å². The Labute approximate surface area is 185 Å². The first-order valence-corrected chi connectivity index (χ1v) is 12.4. The summed E-state index contributed by atoms with van der Waals surface area (Å²) in [6, 6.07) is 5.91. The number of rotatable bonds is 10. The zero-order valence-electron chi connectivity index (χ0n) is 16.3. The summed E-state index contributed by atoms with van der Waals surface area (Å²) in [7, 11) is -3.65. The summed E-state index contributed by atoms with van der Waals surface area (Å²) < 4.78 is 28.3. The number of carbonyl (C=O) groups is 1. The summed E-state index contributed by atoms with van der Waals surface area (Å²) in [6.45, 7) is 1.20. The van der Waals surface area contributed by atoms with E-state index in [0.29, 0.717) is 37.4 Å². The van der Waals surface area contributed by atoms with Crippen molar-refractivity contribution < 1.29 is 18.3 Å². The topological polar surface area (TPSA) is 99.6 Å². The quantitative estimate of drug-likeness (QED) is 0.408. The van der Waals surface area contributed by atoms with Gasteiger partial charge in [0.1, 0.15) is 0 Å². The lowest BCUT2D eigenvalue weighted by atomic mass is 10.1. The highest BCUT2D eigenvalue weighted by atomic mass is 35.5. The maximum Gasteiger partial charge on any atom is 0.303 e. The van der Waals surface area contributed by atoms with Crippen LogP contribution in [0.25, 0.3) is 0 Å². The molecule has 1 aliphatic heterocycles. The standard InChI is InChI=1S/C20H24ClN3O4S2/c21-15-6-8-19(9-7-15)30(27,28)23-16-10-18(4-2-1-3-5-20(25)26)24(11-16)12-17-13-29-14-22-17/h2,4,6-9,13-14,16,18,23H,1,3,5,10-12H2,(H,25,26)/t16-,18-/m1/s1. The number of aliphatic carboxylic acids is 1. The molecule has 162 valence electrons. The van der Waals surface area contributed by atoms with E-state index in [2.05, 4.69) is 14.6 Å². The summed E-state index contributed by atoms with van der Waals surface area (Å²) in [5, 5.41) is 11.2. The zero-order valence-corrected chi connectivity index (χ0v) is 18.7. The molecule has 2 N–H and O–H groups in total. The van der Waals surface area contributed by atoms with Gasteiger partial charge in [0.2, 0.25) is 10.0 Å². The van der Waals surface area contributed by atoms with E-state index >= 15 is 0 Å². The molecule has 0 amide bonds. The Hall–Kier alpha value is -1.78. The molecule has 0 radical (unpaired) electrons. The third kappa shape index (κ3) is 6.61. The van der Waals surface area contributed by atoms with Gasteiger partial charge in [-0.1, -0.05) is 23.8 Å². The molecule has 3 rings (SSSR count). The van der Waals surface area contributed by atoms with E-state index in [9.17, 15) is 13.2 Å². The largest absolute Gasteiger partial charge is 0.481 e. The van der Waals surface area contributed by atoms with Gasteiger partial charge in [-0.15, -0.1) is 11.3 Å². The van der Waals surface area contributed by atoms with E-state index in [0.717, 1.165) is 5.69 Å². The van der Waals surface area contributed by atoms with Crippen LogP contribution in [0.1, 0.15) is 31.4 Å². The van der Waals surface area contributed by atoms with Gasteiger partial charge in [-0.05, 0) is 43.5 Å². The fourth-order valence-electron chi connectivity index (χ4n) is 3.45. The highest BCUT2D eigenvalue weighted by Crippen LogP contribution is 2.24. The van der Waals surface area contributed by atoms with Gasteiger partial charge in [0.25, 0.3) is 0 Å². The number of nitrogens with one attached hydrogen (secondary N) is 1. The number of benzene rings is 1. The number of sulfonamides is 1. The van der Waals surface area contributed by atoms with E-state index in [1.165, 1.54) is 23.5 Å². The van der Waals surface area contributed by atoms with Crippen molar-refractivity contribution in [2.24, 2.45) is 0 Å². The van der Waals surface area contributed by atoms with E-state index in [4.69, 9.17) is 16.7 Å². The number of aromatic nitrogens is 1. The van der Waals surface area contributed by atoms with Crippen molar-refractivity contribution in [3.05, 3.63) is 58.0 Å². The smallest absolute Gasteiger partial charge is 0.303 e. The molecule has 1 fully saturated rings. The van der Waals surface area contributed by atoms with Crippen LogP contribution in [-0.2, 0) is 21.4 Å². The second kappa shape index (κ2) is 10.5. The first kappa shape index (κ1) is 22.9. The lowest BCUT2D eigenvalue weighted by Crippen LogP contribution is -2.37. The van der Waals surface area contributed by atoms with Gasteiger partial charge in [-0.2, -0.15) is 0 Å². The molecule has 1 aliphatic rings. The number of nitrogens with zero attached hydrogens (tertiary/aromatic N) is 2. The lowest BCUT2D eigenvalue weighted by Gasteiger charge is -2.20. The fourth-order valence-corrected chi connectivity index (χ4v) is 5.37. The van der Waals surface area contributed by atoms with Crippen LogP contribution in [0.4, 0.5) is 0 Å². The molecule has 10 heteroatoms. The Bertz CT molecular complexity index is 962. The first-order chi connectivity index (χ1) is 14.3. The van der Waals surface area contributed by atoms with Crippen LogP contribution in [0, 0.1) is 0 Å². The molecule has 2 heterocycles. The first-order valence-electron chi connectivity index (χ1n) is 9.61. The molecule has 1 aromatic carbocycles. The van der Waals surface area contributed by atoms with Gasteiger partial charge < -0.3 is 5.11 Å². The van der Waals surface area contributed by atoms with Crippen LogP contribution in [0.5, 0.6) is 0 Å². The number of carboxylic acids is 1. The Morgan fingerprint density at radius 2 is 2.13 bits per heavy atom. The molecule has 0 spiro atoms. The van der Waals surface area contributed by atoms with Gasteiger partial charge in [-0.25, -0.2) is 18.1 Å². The molecule has 0 aliphatic carbocycles. The number of likely N-dealkylation sites (tertiary alicyclic amines) is 1. The summed E-state index contributed by atoms with van der Waals surface area (Å²) >= 11 is 7.39. The van der Waals surface area contributed by atoms with Crippen LogP contribution in [-0.4, -0.2) is 48.0 Å². The summed E-state index contributed by atoms with van der Waals surface area (Å²) in [5.41, 5.74) is 2.73. The van der Waals surface area contributed by atoms with Crippen molar-refractivity contribution in [2.75, 3.05) is 6.54 Å². The van der Waals surface area contributed by atoms with Gasteiger partial charge in [0.05, 0.1) is 16.1 Å². The number of allylic oxidation sites excluding steroid dienone is 1. The number of hydrogen-bond acceptors (Lipinski definition) is 6. The molecule has 2 aromatic rings. The third-order valence-corrected chi connectivity index (χ3v) is 7.29. The highest BCUT2D eigenvalue weighted by molar-refractivity contribution is 7.89. The molecular weight excluding hydrogens is 446 g/mol. The molecule has 30 heavy (non-hydrogen) atoms. The Kier molecular flexibility index (Phi) is 8.01. The Morgan fingerprint density at radius 1 is 1.37 bits per heavy atom. The SMILES string of the molecule is O=C(O)CCCC=C[C@@H]1C[C@@H](NS(=O)(=O)c2ccc(Cl)cc2)CN1Cc1cscn1. The second-order valence-corrected chi connectivity index (χ2v) is 10.1. The van der Waals surface area contributed by atoms with Gasteiger partial charge >= 0.3 is 5.97 Å². The van der Waals surface area contributed by atoms with Gasteiger partial charge in [-0.3, -0.25) is 9.69 Å². The van der Waals surface area contributed by atoms with Crippen molar-refractivity contribution in [1.82, 2.24) is 14.6 Å². The van der Waals surface area contributed by atoms with Crippen LogP contribution in [0.2, 0.25) is 5.02 Å². The molecule has 0 saturated carbocycles. The van der Waals surface area contributed by atoms with Crippen molar-refractivity contribution in [3.8, 4) is 0 Å². The number of carboxylic acid groups (broad SMARTS) is 1. The fraction of sp³-hybridized carbons (Fsp3) is 0.400. The van der Waals surface area contributed by atoms with Gasteiger partial charge in [0, 0.05) is 42.0 Å². The second-order valence-electron chi connectivity index (χ2n) is 7.20. The lowest BCUT2D eigenvalue weighted by molar-refractivity contribution is -0.137. The maximum absolute atomic E-state index is 12.7. The normalized spacial score (nSPS) is 20.2. The Morgan fingerprint density at radius 3 is 2.80 bits per heavy atom. The third-order valence-electron chi connectivity index (χ3n) is 4.86. The van der Waals surface area contributed by atoms with Crippen molar-refractivity contribution in [2.45, 2.75) is 49.2 Å². The predicted octanol–water partition coefficient (Wildman–Crippen LogP) is 3.53. The van der Waals surface area contributed by atoms with Crippen LogP contribution in [0.15, 0.2) is 52.2 Å². The summed E-state index contributed by atoms with van der Waals surface area (Å²) in [4.78, 5) is 17.4. The average molecular weight is 470 g/mol. The number of hydrogen-bond donors (Lipinski definition) is 2. The van der Waals surface area contributed by atoms with Crippen molar-refractivity contribution in [3.63, 3.8) is 0 Å². The van der Waals surface area contributed by atoms with Crippen LogP contribution >= 0.6 is 22.9 Å². The molecular formula is C20H24ClN3O4S2. The van der Waals surface area contributed by atoms with Crippen molar-refractivity contribution in [1.29, 1.82) is 0 Å². The minimum Gasteiger partial charge on any atom is -0.481 e. The molecule has 0 unspecified atom stereocenters. The summed E-state index contributed by atoms with van der Waals surface area (Å²) in [5.74, 6) is -0.800. The number of thiazole rings is 1. The zero-order chi connectivity index (χ0) is 21.6. The van der Waals surface area contributed by atoms with Gasteiger partial charge in [0.15, 0.2) is 0 Å². The van der Waals surface area contributed by atoms with Crippen molar-refractivity contribution >= 4 is 38.9 Å². The Balaban J connectivity index is 1.66. The number of halogens is 1. The van der Waals surface area contributed by atoms with E-state index in [-0.39, 0.29) is 23.4 Å². The molecule has 7 nitrogen and oxygen atoms in total. The average Bonchev–Trinajstić information content (AvgIpc) is 3.32.